The molecule has 6 nitrogen and oxygen atoms in total. The lowest BCUT2D eigenvalue weighted by Gasteiger charge is -2.11. The number of rotatable bonds is 4. The number of amides is 1. The molecule has 2 rings (SSSR count). The number of imidazole rings is 1. The zero-order valence-corrected chi connectivity index (χ0v) is 13.2. The summed E-state index contributed by atoms with van der Waals surface area (Å²) in [6.45, 7) is 6.04. The van der Waals surface area contributed by atoms with Crippen LogP contribution in [-0.2, 0) is 4.79 Å². The number of carbonyl (C=O) groups excluding carboxylic acids is 1. The van der Waals surface area contributed by atoms with Crippen LogP contribution in [0.2, 0.25) is 0 Å². The molecule has 0 spiro atoms. The van der Waals surface area contributed by atoms with Gasteiger partial charge in [-0.25, -0.2) is 10.5 Å². The summed E-state index contributed by atoms with van der Waals surface area (Å²) < 4.78 is 2.93. The Labute approximate surface area is 125 Å². The Morgan fingerprint density at radius 2 is 2.20 bits per heavy atom. The minimum Gasteiger partial charge on any atom is -0.360 e. The lowest BCUT2D eigenvalue weighted by atomic mass is 10.1. The number of nitrogens with zero attached hydrogens (tertiary/aromatic N) is 2. The fourth-order valence-corrected chi connectivity index (χ4v) is 2.37. The number of anilines is 1. The van der Waals surface area contributed by atoms with E-state index in [1.54, 1.807) is 5.48 Å². The second-order valence-electron chi connectivity index (χ2n) is 4.85. The third-order valence-corrected chi connectivity index (χ3v) is 3.92. The van der Waals surface area contributed by atoms with Crippen molar-refractivity contribution in [3.05, 3.63) is 28.0 Å². The maximum absolute atomic E-state index is 11.2. The van der Waals surface area contributed by atoms with Gasteiger partial charge in [-0.05, 0) is 40.9 Å². The van der Waals surface area contributed by atoms with Crippen LogP contribution in [0.4, 0.5) is 5.82 Å². The van der Waals surface area contributed by atoms with Gasteiger partial charge in [0.05, 0.1) is 12.2 Å². The van der Waals surface area contributed by atoms with Crippen molar-refractivity contribution in [2.45, 2.75) is 26.7 Å². The van der Waals surface area contributed by atoms with Gasteiger partial charge in [-0.2, -0.15) is 0 Å². The SMILES string of the molecule is Cc1c(Br)ccc2nc(C(C)C)c(NCC(=O)NO)n12. The highest BCUT2D eigenvalue weighted by Gasteiger charge is 2.17. The Kier molecular flexibility index (Phi) is 4.29. The number of aromatic nitrogens is 2. The first kappa shape index (κ1) is 14.8. The highest BCUT2D eigenvalue weighted by Crippen LogP contribution is 2.29. The average molecular weight is 341 g/mol. The predicted molar refractivity (Wildman–Crippen MR) is 80.1 cm³/mol. The number of nitrogens with one attached hydrogen (secondary N) is 2. The lowest BCUT2D eigenvalue weighted by molar-refractivity contribution is -0.127. The molecule has 0 aliphatic heterocycles. The highest BCUT2D eigenvalue weighted by molar-refractivity contribution is 9.10. The van der Waals surface area contributed by atoms with E-state index in [4.69, 9.17) is 5.21 Å². The number of pyridine rings is 1. The van der Waals surface area contributed by atoms with Crippen LogP contribution >= 0.6 is 15.9 Å². The van der Waals surface area contributed by atoms with Gasteiger partial charge in [0.1, 0.15) is 11.5 Å². The monoisotopic (exact) mass is 340 g/mol. The molecule has 20 heavy (non-hydrogen) atoms. The number of hydroxylamine groups is 1. The van der Waals surface area contributed by atoms with Crippen LogP contribution in [0.1, 0.15) is 31.2 Å². The third-order valence-electron chi connectivity index (χ3n) is 3.08. The summed E-state index contributed by atoms with van der Waals surface area (Å²) in [6.07, 6.45) is 0. The number of hydrogen-bond donors (Lipinski definition) is 3. The van der Waals surface area contributed by atoms with E-state index >= 15 is 0 Å². The molecule has 0 unspecified atom stereocenters. The van der Waals surface area contributed by atoms with Crippen molar-refractivity contribution < 1.29 is 10.0 Å². The normalized spacial score (nSPS) is 11.1. The number of aryl methyl sites for hydroxylation is 1. The highest BCUT2D eigenvalue weighted by atomic mass is 79.9. The summed E-state index contributed by atoms with van der Waals surface area (Å²) in [5, 5.41) is 11.6. The minimum absolute atomic E-state index is 0.0179. The van der Waals surface area contributed by atoms with E-state index in [9.17, 15) is 4.79 Å². The maximum atomic E-state index is 11.2. The molecule has 0 aromatic carbocycles. The molecule has 0 saturated heterocycles. The topological polar surface area (TPSA) is 78.7 Å². The van der Waals surface area contributed by atoms with Crippen LogP contribution in [0.5, 0.6) is 0 Å². The molecule has 0 saturated carbocycles. The quantitative estimate of drug-likeness (QED) is 0.590. The van der Waals surface area contributed by atoms with E-state index < -0.39 is 5.91 Å². The number of hydrogen-bond acceptors (Lipinski definition) is 4. The Morgan fingerprint density at radius 1 is 1.50 bits per heavy atom. The van der Waals surface area contributed by atoms with E-state index in [1.807, 2.05) is 37.3 Å². The largest absolute Gasteiger partial charge is 0.360 e. The molecule has 3 N–H and O–H groups in total. The van der Waals surface area contributed by atoms with Crippen molar-refractivity contribution in [1.82, 2.24) is 14.9 Å². The van der Waals surface area contributed by atoms with Crippen LogP contribution < -0.4 is 10.8 Å². The maximum Gasteiger partial charge on any atom is 0.262 e. The second kappa shape index (κ2) is 5.80. The van der Waals surface area contributed by atoms with Gasteiger partial charge >= 0.3 is 0 Å². The molecular weight excluding hydrogens is 324 g/mol. The molecule has 0 aliphatic rings. The van der Waals surface area contributed by atoms with Crippen molar-refractivity contribution in [2.24, 2.45) is 0 Å². The van der Waals surface area contributed by atoms with Crippen molar-refractivity contribution in [1.29, 1.82) is 0 Å². The zero-order chi connectivity index (χ0) is 14.9. The zero-order valence-electron chi connectivity index (χ0n) is 11.6. The van der Waals surface area contributed by atoms with E-state index in [-0.39, 0.29) is 12.5 Å². The Balaban J connectivity index is 2.55. The summed E-state index contributed by atoms with van der Waals surface area (Å²) in [6, 6.07) is 3.87. The van der Waals surface area contributed by atoms with Gasteiger partial charge in [-0.3, -0.25) is 14.4 Å². The first-order valence-corrected chi connectivity index (χ1v) is 7.09. The first-order chi connectivity index (χ1) is 9.45. The van der Waals surface area contributed by atoms with Crippen LogP contribution in [0.15, 0.2) is 16.6 Å². The molecule has 2 heterocycles. The summed E-state index contributed by atoms with van der Waals surface area (Å²) in [7, 11) is 0. The average Bonchev–Trinajstić information content (AvgIpc) is 2.79. The van der Waals surface area contributed by atoms with Gasteiger partial charge in [0.15, 0.2) is 0 Å². The van der Waals surface area contributed by atoms with Gasteiger partial charge in [0.25, 0.3) is 5.91 Å². The van der Waals surface area contributed by atoms with Crippen LogP contribution in [0.25, 0.3) is 5.65 Å². The number of carbonyl (C=O) groups is 1. The first-order valence-electron chi connectivity index (χ1n) is 6.30. The summed E-state index contributed by atoms with van der Waals surface area (Å²) in [5.41, 5.74) is 4.31. The van der Waals surface area contributed by atoms with E-state index in [2.05, 4.69) is 26.2 Å². The van der Waals surface area contributed by atoms with E-state index in [1.165, 1.54) is 0 Å². The molecule has 1 amide bonds. The molecule has 0 bridgehead atoms. The van der Waals surface area contributed by atoms with Gasteiger partial charge < -0.3 is 5.32 Å². The summed E-state index contributed by atoms with van der Waals surface area (Å²) in [5.74, 6) is 0.493. The fraction of sp³-hybridized carbons (Fsp3) is 0.385. The van der Waals surface area contributed by atoms with E-state index in [0.717, 1.165) is 27.3 Å². The van der Waals surface area contributed by atoms with Crippen molar-refractivity contribution in [3.63, 3.8) is 0 Å². The van der Waals surface area contributed by atoms with Crippen molar-refractivity contribution >= 4 is 33.3 Å². The molecule has 0 fully saturated rings. The second-order valence-corrected chi connectivity index (χ2v) is 5.70. The van der Waals surface area contributed by atoms with Gasteiger partial charge in [-0.1, -0.05) is 13.8 Å². The van der Waals surface area contributed by atoms with Gasteiger partial charge in [0, 0.05) is 10.2 Å². The molecule has 0 radical (unpaired) electrons. The predicted octanol–water partition coefficient (Wildman–Crippen LogP) is 2.45. The third kappa shape index (κ3) is 2.64. The smallest absolute Gasteiger partial charge is 0.262 e. The molecule has 2 aromatic rings. The Hall–Kier alpha value is -1.60. The van der Waals surface area contributed by atoms with Gasteiger partial charge in [0.2, 0.25) is 0 Å². The molecule has 2 aromatic heterocycles. The van der Waals surface area contributed by atoms with Gasteiger partial charge in [-0.15, -0.1) is 0 Å². The van der Waals surface area contributed by atoms with E-state index in [0.29, 0.717) is 0 Å². The number of halogens is 1. The molecule has 108 valence electrons. The molecule has 0 aliphatic carbocycles. The minimum atomic E-state index is -0.498. The molecular formula is C13H17BrN4O2. The van der Waals surface area contributed by atoms with Crippen LogP contribution in [-0.4, -0.2) is 27.0 Å². The molecule has 0 atom stereocenters. The van der Waals surface area contributed by atoms with Crippen molar-refractivity contribution in [3.8, 4) is 0 Å². The Bertz CT molecular complexity index is 651. The van der Waals surface area contributed by atoms with Crippen LogP contribution in [0.3, 0.4) is 0 Å². The number of fused-ring (bicyclic) bond motifs is 1. The summed E-state index contributed by atoms with van der Waals surface area (Å²) in [4.78, 5) is 15.8. The Morgan fingerprint density at radius 3 is 2.80 bits per heavy atom. The van der Waals surface area contributed by atoms with Crippen molar-refractivity contribution in [2.75, 3.05) is 11.9 Å². The standard InChI is InChI=1S/C13H17BrN4O2/c1-7(2)12-13(15-6-11(19)17-20)18-8(3)9(14)4-5-10(18)16-12/h4-5,7,15,20H,6H2,1-3H3,(H,17,19). The molecule has 7 heteroatoms. The lowest BCUT2D eigenvalue weighted by Crippen LogP contribution is -2.27. The van der Waals surface area contributed by atoms with Crippen LogP contribution in [0, 0.1) is 6.92 Å². The summed E-state index contributed by atoms with van der Waals surface area (Å²) >= 11 is 3.49. The fourth-order valence-electron chi connectivity index (χ4n) is 2.06.